The van der Waals surface area contributed by atoms with Crippen molar-refractivity contribution in [2.75, 3.05) is 27.2 Å². The Hall–Kier alpha value is -0.770. The van der Waals surface area contributed by atoms with Crippen molar-refractivity contribution < 1.29 is 4.79 Å². The highest BCUT2D eigenvalue weighted by Gasteiger charge is 2.31. The topological polar surface area (TPSA) is 35.6 Å². The van der Waals surface area contributed by atoms with Gasteiger partial charge in [-0.15, -0.1) is 0 Å². The van der Waals surface area contributed by atoms with Gasteiger partial charge in [-0.3, -0.25) is 0 Å². The van der Waals surface area contributed by atoms with Gasteiger partial charge in [0.05, 0.1) is 0 Å². The first-order valence-corrected chi connectivity index (χ1v) is 6.80. The summed E-state index contributed by atoms with van der Waals surface area (Å²) in [6.07, 6.45) is 4.98. The lowest BCUT2D eigenvalue weighted by Crippen LogP contribution is -2.49. The average molecular weight is 239 g/mol. The summed E-state index contributed by atoms with van der Waals surface area (Å²) in [5.41, 5.74) is 0. The molecule has 1 unspecified atom stereocenters. The van der Waals surface area contributed by atoms with Crippen LogP contribution < -0.4 is 5.32 Å². The number of urea groups is 1. The predicted octanol–water partition coefficient (Wildman–Crippen LogP) is 1.52. The summed E-state index contributed by atoms with van der Waals surface area (Å²) in [7, 11) is 3.64. The maximum atomic E-state index is 11.8. The molecular weight excluding hydrogens is 214 g/mol. The fourth-order valence-corrected chi connectivity index (χ4v) is 2.62. The average Bonchev–Trinajstić information content (AvgIpc) is 3.12. The van der Waals surface area contributed by atoms with Crippen molar-refractivity contribution in [1.29, 1.82) is 0 Å². The predicted molar refractivity (Wildman–Crippen MR) is 69.0 cm³/mol. The SMILES string of the molecule is CC(NC1CCN(C(=O)N(C)C)CC1)C1CC1. The van der Waals surface area contributed by atoms with Crippen LogP contribution in [0.3, 0.4) is 0 Å². The van der Waals surface area contributed by atoms with E-state index in [1.165, 1.54) is 12.8 Å². The molecule has 1 aliphatic heterocycles. The molecule has 1 atom stereocenters. The zero-order valence-corrected chi connectivity index (χ0v) is 11.3. The summed E-state index contributed by atoms with van der Waals surface area (Å²) in [5, 5.41) is 3.72. The van der Waals surface area contributed by atoms with Crippen molar-refractivity contribution in [2.24, 2.45) is 5.92 Å². The fraction of sp³-hybridized carbons (Fsp3) is 0.923. The van der Waals surface area contributed by atoms with Gasteiger partial charge in [0.25, 0.3) is 0 Å². The second-order valence-corrected chi connectivity index (χ2v) is 5.73. The first-order chi connectivity index (χ1) is 8.08. The van der Waals surface area contributed by atoms with Crippen LogP contribution >= 0.6 is 0 Å². The monoisotopic (exact) mass is 239 g/mol. The van der Waals surface area contributed by atoms with Gasteiger partial charge >= 0.3 is 6.03 Å². The van der Waals surface area contributed by atoms with Crippen molar-refractivity contribution in [1.82, 2.24) is 15.1 Å². The lowest BCUT2D eigenvalue weighted by molar-refractivity contribution is 0.150. The van der Waals surface area contributed by atoms with Gasteiger partial charge in [0.2, 0.25) is 0 Å². The second-order valence-electron chi connectivity index (χ2n) is 5.73. The maximum absolute atomic E-state index is 11.8. The van der Waals surface area contributed by atoms with Crippen LogP contribution in [0, 0.1) is 5.92 Å². The van der Waals surface area contributed by atoms with E-state index in [2.05, 4.69) is 12.2 Å². The Balaban J connectivity index is 1.71. The Morgan fingerprint density at radius 2 is 1.82 bits per heavy atom. The van der Waals surface area contributed by atoms with Crippen molar-refractivity contribution in [3.05, 3.63) is 0 Å². The third-order valence-electron chi connectivity index (χ3n) is 3.98. The number of hydrogen-bond donors (Lipinski definition) is 1. The lowest BCUT2D eigenvalue weighted by Gasteiger charge is -2.35. The van der Waals surface area contributed by atoms with Crippen LogP contribution in [0.15, 0.2) is 0 Å². The van der Waals surface area contributed by atoms with Crippen LogP contribution in [0.2, 0.25) is 0 Å². The van der Waals surface area contributed by atoms with E-state index >= 15 is 0 Å². The van der Waals surface area contributed by atoms with Gasteiger partial charge in [-0.25, -0.2) is 4.79 Å². The zero-order chi connectivity index (χ0) is 12.4. The number of nitrogens with one attached hydrogen (secondary N) is 1. The quantitative estimate of drug-likeness (QED) is 0.810. The molecule has 2 amide bonds. The minimum absolute atomic E-state index is 0.152. The molecule has 98 valence electrons. The van der Waals surface area contributed by atoms with E-state index in [0.717, 1.165) is 31.8 Å². The van der Waals surface area contributed by atoms with E-state index in [0.29, 0.717) is 12.1 Å². The molecular formula is C13H25N3O. The molecule has 4 nitrogen and oxygen atoms in total. The Labute approximate surface area is 104 Å². The lowest BCUT2D eigenvalue weighted by atomic mass is 10.0. The van der Waals surface area contributed by atoms with Gasteiger partial charge < -0.3 is 15.1 Å². The Morgan fingerprint density at radius 3 is 2.29 bits per heavy atom. The molecule has 2 fully saturated rings. The summed E-state index contributed by atoms with van der Waals surface area (Å²) in [6, 6.07) is 1.42. The highest BCUT2D eigenvalue weighted by molar-refractivity contribution is 5.73. The first kappa shape index (κ1) is 12.7. The zero-order valence-electron chi connectivity index (χ0n) is 11.3. The van der Waals surface area contributed by atoms with E-state index in [4.69, 9.17) is 0 Å². The molecule has 2 rings (SSSR count). The first-order valence-electron chi connectivity index (χ1n) is 6.80. The minimum atomic E-state index is 0.152. The summed E-state index contributed by atoms with van der Waals surface area (Å²) in [6.45, 7) is 4.09. The standard InChI is InChI=1S/C13H25N3O/c1-10(11-4-5-11)14-12-6-8-16(9-7-12)13(17)15(2)3/h10-12,14H,4-9H2,1-3H3. The Kier molecular flexibility index (Phi) is 3.92. The molecule has 0 aromatic heterocycles. The van der Waals surface area contributed by atoms with E-state index in [1.54, 1.807) is 4.90 Å². The molecule has 1 saturated heterocycles. The smallest absolute Gasteiger partial charge is 0.319 e. The molecule has 2 aliphatic rings. The number of likely N-dealkylation sites (tertiary alicyclic amines) is 1. The van der Waals surface area contributed by atoms with Crippen LogP contribution in [0.4, 0.5) is 4.79 Å². The van der Waals surface area contributed by atoms with Crippen molar-refractivity contribution in [2.45, 2.75) is 44.7 Å². The molecule has 0 bridgehead atoms. The molecule has 1 N–H and O–H groups in total. The minimum Gasteiger partial charge on any atom is -0.331 e. The van der Waals surface area contributed by atoms with E-state index < -0.39 is 0 Å². The van der Waals surface area contributed by atoms with Crippen LogP contribution in [0.5, 0.6) is 0 Å². The summed E-state index contributed by atoms with van der Waals surface area (Å²) in [5.74, 6) is 0.913. The van der Waals surface area contributed by atoms with Gasteiger partial charge in [0.15, 0.2) is 0 Å². The fourth-order valence-electron chi connectivity index (χ4n) is 2.62. The van der Waals surface area contributed by atoms with Gasteiger partial charge in [-0.05, 0) is 38.5 Å². The third-order valence-corrected chi connectivity index (χ3v) is 3.98. The number of amides is 2. The van der Waals surface area contributed by atoms with Crippen LogP contribution in [0.1, 0.15) is 32.6 Å². The van der Waals surface area contributed by atoms with Crippen LogP contribution in [-0.2, 0) is 0 Å². The number of carbonyl (C=O) groups excluding carboxylic acids is 1. The van der Waals surface area contributed by atoms with Crippen LogP contribution in [0.25, 0.3) is 0 Å². The largest absolute Gasteiger partial charge is 0.331 e. The highest BCUT2D eigenvalue weighted by atomic mass is 16.2. The van der Waals surface area contributed by atoms with E-state index in [-0.39, 0.29) is 6.03 Å². The number of nitrogens with zero attached hydrogens (tertiary/aromatic N) is 2. The second kappa shape index (κ2) is 5.25. The number of hydrogen-bond acceptors (Lipinski definition) is 2. The number of piperidine rings is 1. The van der Waals surface area contributed by atoms with Crippen molar-refractivity contribution in [3.8, 4) is 0 Å². The molecule has 1 heterocycles. The van der Waals surface area contributed by atoms with Gasteiger partial charge in [0.1, 0.15) is 0 Å². The van der Waals surface area contributed by atoms with Crippen LogP contribution in [-0.4, -0.2) is 55.1 Å². The van der Waals surface area contributed by atoms with Gasteiger partial charge in [-0.1, -0.05) is 0 Å². The van der Waals surface area contributed by atoms with E-state index in [9.17, 15) is 4.79 Å². The third kappa shape index (κ3) is 3.35. The maximum Gasteiger partial charge on any atom is 0.319 e. The Bertz CT molecular complexity index is 268. The number of rotatable bonds is 3. The summed E-state index contributed by atoms with van der Waals surface area (Å²) < 4.78 is 0. The van der Waals surface area contributed by atoms with Gasteiger partial charge in [0, 0.05) is 39.3 Å². The normalized spacial score (nSPS) is 23.6. The van der Waals surface area contributed by atoms with Crippen molar-refractivity contribution >= 4 is 6.03 Å². The molecule has 4 heteroatoms. The van der Waals surface area contributed by atoms with Gasteiger partial charge in [-0.2, -0.15) is 0 Å². The molecule has 0 aromatic rings. The molecule has 1 saturated carbocycles. The van der Waals surface area contributed by atoms with E-state index in [1.807, 2.05) is 19.0 Å². The van der Waals surface area contributed by atoms with Crippen molar-refractivity contribution in [3.63, 3.8) is 0 Å². The molecule has 0 spiro atoms. The highest BCUT2D eigenvalue weighted by Crippen LogP contribution is 2.32. The summed E-state index contributed by atoms with van der Waals surface area (Å²) >= 11 is 0. The molecule has 1 aliphatic carbocycles. The Morgan fingerprint density at radius 1 is 1.24 bits per heavy atom. The summed E-state index contributed by atoms with van der Waals surface area (Å²) in [4.78, 5) is 15.4. The number of carbonyl (C=O) groups is 1. The molecule has 0 aromatic carbocycles. The molecule has 0 radical (unpaired) electrons. The molecule has 17 heavy (non-hydrogen) atoms.